The molecule has 2 heterocycles. The van der Waals surface area contributed by atoms with Crippen LogP contribution < -0.4 is 16.0 Å². The van der Waals surface area contributed by atoms with Crippen LogP contribution in [-0.2, 0) is 11.2 Å². The Hall–Kier alpha value is -2.70. The molecule has 3 unspecified atom stereocenters. The number of rotatable bonds is 4. The Morgan fingerprint density at radius 3 is 2.66 bits per heavy atom. The molecule has 1 saturated heterocycles. The molecule has 6 nitrogen and oxygen atoms in total. The van der Waals surface area contributed by atoms with E-state index in [9.17, 15) is 4.79 Å². The van der Waals surface area contributed by atoms with Crippen LogP contribution in [0.3, 0.4) is 0 Å². The SMILES string of the molecule is Cc1nc(NC2NC(=O)C(Cc3ccccc3Cl)C(C)N2)nc2c(C)cccc12. The van der Waals surface area contributed by atoms with Crippen LogP contribution in [0.1, 0.15) is 23.7 Å². The van der Waals surface area contributed by atoms with E-state index in [0.717, 1.165) is 27.7 Å². The van der Waals surface area contributed by atoms with E-state index in [0.29, 0.717) is 17.4 Å². The monoisotopic (exact) mass is 409 g/mol. The maximum absolute atomic E-state index is 12.8. The van der Waals surface area contributed by atoms with Crippen LogP contribution >= 0.6 is 11.6 Å². The predicted octanol–water partition coefficient (Wildman–Crippen LogP) is 3.56. The number of aryl methyl sites for hydroxylation is 2. The molecule has 1 aliphatic heterocycles. The van der Waals surface area contributed by atoms with Crippen molar-refractivity contribution in [2.75, 3.05) is 5.32 Å². The Morgan fingerprint density at radius 2 is 1.90 bits per heavy atom. The molecular formula is C22H24ClN5O. The maximum Gasteiger partial charge on any atom is 0.227 e. The number of hydrogen-bond donors (Lipinski definition) is 3. The smallest absolute Gasteiger partial charge is 0.227 e. The summed E-state index contributed by atoms with van der Waals surface area (Å²) in [5.74, 6) is 0.246. The summed E-state index contributed by atoms with van der Waals surface area (Å²) in [6.07, 6.45) is 0.137. The zero-order valence-corrected chi connectivity index (χ0v) is 17.4. The van der Waals surface area contributed by atoms with Crippen molar-refractivity contribution >= 4 is 34.4 Å². The van der Waals surface area contributed by atoms with E-state index in [1.54, 1.807) is 0 Å². The molecule has 1 fully saturated rings. The Kier molecular flexibility index (Phi) is 5.39. The molecule has 2 aromatic carbocycles. The van der Waals surface area contributed by atoms with Gasteiger partial charge in [-0.2, -0.15) is 0 Å². The maximum atomic E-state index is 12.8. The van der Waals surface area contributed by atoms with Crippen LogP contribution in [0.25, 0.3) is 10.9 Å². The van der Waals surface area contributed by atoms with Crippen molar-refractivity contribution in [3.05, 3.63) is 64.3 Å². The fourth-order valence-corrected chi connectivity index (χ4v) is 4.00. The lowest BCUT2D eigenvalue weighted by molar-refractivity contribution is -0.128. The second-order valence-electron chi connectivity index (χ2n) is 7.55. The van der Waals surface area contributed by atoms with Crippen molar-refractivity contribution in [2.24, 2.45) is 5.92 Å². The number of fused-ring (bicyclic) bond motifs is 1. The van der Waals surface area contributed by atoms with E-state index in [-0.39, 0.29) is 17.9 Å². The quantitative estimate of drug-likeness (QED) is 0.614. The molecule has 0 radical (unpaired) electrons. The minimum absolute atomic E-state index is 0.0256. The summed E-state index contributed by atoms with van der Waals surface area (Å²) in [5, 5.41) is 11.3. The van der Waals surface area contributed by atoms with Gasteiger partial charge in [0.05, 0.1) is 17.1 Å². The van der Waals surface area contributed by atoms with E-state index in [1.807, 2.05) is 63.2 Å². The lowest BCUT2D eigenvalue weighted by Crippen LogP contribution is -2.63. The first-order chi connectivity index (χ1) is 13.9. The number of anilines is 1. The van der Waals surface area contributed by atoms with Crippen molar-refractivity contribution < 1.29 is 4.79 Å². The van der Waals surface area contributed by atoms with E-state index < -0.39 is 6.29 Å². The summed E-state index contributed by atoms with van der Waals surface area (Å²) < 4.78 is 0. The molecule has 1 aliphatic rings. The van der Waals surface area contributed by atoms with Crippen LogP contribution in [0.4, 0.5) is 5.95 Å². The van der Waals surface area contributed by atoms with Gasteiger partial charge in [-0.25, -0.2) is 9.97 Å². The van der Waals surface area contributed by atoms with E-state index >= 15 is 0 Å². The van der Waals surface area contributed by atoms with Gasteiger partial charge in [0, 0.05) is 16.5 Å². The van der Waals surface area contributed by atoms with Gasteiger partial charge in [-0.05, 0) is 44.4 Å². The highest BCUT2D eigenvalue weighted by Crippen LogP contribution is 2.23. The minimum Gasteiger partial charge on any atom is -0.323 e. The van der Waals surface area contributed by atoms with Gasteiger partial charge in [0.15, 0.2) is 6.29 Å². The number of carbonyl (C=O) groups is 1. The Morgan fingerprint density at radius 1 is 1.10 bits per heavy atom. The molecule has 0 bridgehead atoms. The number of benzene rings is 2. The van der Waals surface area contributed by atoms with Crippen LogP contribution in [0.15, 0.2) is 42.5 Å². The number of halogens is 1. The number of para-hydroxylation sites is 1. The van der Waals surface area contributed by atoms with Gasteiger partial charge in [0.25, 0.3) is 0 Å². The van der Waals surface area contributed by atoms with Gasteiger partial charge in [-0.1, -0.05) is 48.0 Å². The first kappa shape index (κ1) is 19.6. The highest BCUT2D eigenvalue weighted by Gasteiger charge is 2.34. The van der Waals surface area contributed by atoms with Crippen LogP contribution in [0, 0.1) is 19.8 Å². The number of nitrogens with zero attached hydrogens (tertiary/aromatic N) is 2. The molecule has 0 saturated carbocycles. The standard InChI is InChI=1S/C22H24ClN5O/c1-12-7-6-9-16-13(2)24-21(26-19(12)16)28-22-25-14(3)17(20(29)27-22)11-15-8-4-5-10-18(15)23/h4-10,14,17,22,25H,11H2,1-3H3,(H,27,29)(H,24,26,28). The molecule has 3 atom stereocenters. The van der Waals surface area contributed by atoms with Crippen LogP contribution in [0.2, 0.25) is 5.02 Å². The minimum atomic E-state index is -0.444. The molecule has 0 spiro atoms. The van der Waals surface area contributed by atoms with Crippen LogP contribution in [0.5, 0.6) is 0 Å². The Labute approximate surface area is 175 Å². The lowest BCUT2D eigenvalue weighted by Gasteiger charge is -2.36. The lowest BCUT2D eigenvalue weighted by atomic mass is 9.90. The predicted molar refractivity (Wildman–Crippen MR) is 116 cm³/mol. The average Bonchev–Trinajstić information content (AvgIpc) is 2.67. The molecule has 0 aliphatic carbocycles. The van der Waals surface area contributed by atoms with Crippen molar-refractivity contribution in [3.8, 4) is 0 Å². The highest BCUT2D eigenvalue weighted by atomic mass is 35.5. The first-order valence-corrected chi connectivity index (χ1v) is 10.1. The zero-order chi connectivity index (χ0) is 20.5. The number of aromatic nitrogens is 2. The largest absolute Gasteiger partial charge is 0.323 e. The van der Waals surface area contributed by atoms with Gasteiger partial charge in [-0.3, -0.25) is 10.1 Å². The molecule has 29 heavy (non-hydrogen) atoms. The van der Waals surface area contributed by atoms with Crippen molar-refractivity contribution in [2.45, 2.75) is 39.5 Å². The third-order valence-corrected chi connectivity index (χ3v) is 5.82. The molecule has 3 aromatic rings. The average molecular weight is 410 g/mol. The first-order valence-electron chi connectivity index (χ1n) is 9.72. The summed E-state index contributed by atoms with van der Waals surface area (Å²) in [4.78, 5) is 22.0. The van der Waals surface area contributed by atoms with Gasteiger partial charge in [-0.15, -0.1) is 0 Å². The summed E-state index contributed by atoms with van der Waals surface area (Å²) in [6, 6.07) is 13.6. The molecule has 1 aromatic heterocycles. The second-order valence-corrected chi connectivity index (χ2v) is 7.95. The van der Waals surface area contributed by atoms with Gasteiger partial charge >= 0.3 is 0 Å². The van der Waals surface area contributed by atoms with E-state index in [4.69, 9.17) is 11.6 Å². The second kappa shape index (κ2) is 7.97. The summed E-state index contributed by atoms with van der Waals surface area (Å²) in [6.45, 7) is 6.00. The third-order valence-electron chi connectivity index (χ3n) is 5.45. The molecule has 7 heteroatoms. The number of nitrogens with one attached hydrogen (secondary N) is 3. The fraction of sp³-hybridized carbons (Fsp3) is 0.318. The normalized spacial score (nSPS) is 21.8. The van der Waals surface area contributed by atoms with Crippen molar-refractivity contribution in [3.63, 3.8) is 0 Å². The zero-order valence-electron chi connectivity index (χ0n) is 16.7. The van der Waals surface area contributed by atoms with Gasteiger partial charge in [0.1, 0.15) is 0 Å². The highest BCUT2D eigenvalue weighted by molar-refractivity contribution is 6.31. The Bertz CT molecular complexity index is 1070. The number of amides is 1. The fourth-order valence-electron chi connectivity index (χ4n) is 3.79. The van der Waals surface area contributed by atoms with E-state index in [1.165, 1.54) is 0 Å². The summed E-state index contributed by atoms with van der Waals surface area (Å²) >= 11 is 6.27. The number of carbonyl (C=O) groups excluding carboxylic acids is 1. The molecule has 150 valence electrons. The molecule has 3 N–H and O–H groups in total. The Balaban J connectivity index is 1.50. The van der Waals surface area contributed by atoms with Crippen LogP contribution in [-0.4, -0.2) is 28.2 Å². The van der Waals surface area contributed by atoms with Crippen molar-refractivity contribution in [1.29, 1.82) is 0 Å². The summed E-state index contributed by atoms with van der Waals surface area (Å²) in [7, 11) is 0. The van der Waals surface area contributed by atoms with Gasteiger partial charge in [0.2, 0.25) is 11.9 Å². The van der Waals surface area contributed by atoms with Crippen molar-refractivity contribution in [1.82, 2.24) is 20.6 Å². The molecule has 1 amide bonds. The molecular weight excluding hydrogens is 386 g/mol. The van der Waals surface area contributed by atoms with E-state index in [2.05, 4.69) is 25.9 Å². The third kappa shape index (κ3) is 4.04. The number of hydrogen-bond acceptors (Lipinski definition) is 5. The summed E-state index contributed by atoms with van der Waals surface area (Å²) in [5.41, 5.74) is 3.87. The topological polar surface area (TPSA) is 78.9 Å². The van der Waals surface area contributed by atoms with Gasteiger partial charge < -0.3 is 10.6 Å². The molecule has 4 rings (SSSR count).